The van der Waals surface area contributed by atoms with Crippen LogP contribution in [0.25, 0.3) is 0 Å². The molecule has 0 amide bonds. The Hall–Kier alpha value is -2.11. The maximum atomic E-state index is 9.95. The van der Waals surface area contributed by atoms with E-state index in [9.17, 15) is 5.26 Å². The Morgan fingerprint density at radius 2 is 1.62 bits per heavy atom. The zero-order chi connectivity index (χ0) is 14.5. The van der Waals surface area contributed by atoms with Gasteiger partial charge in [0.15, 0.2) is 0 Å². The van der Waals surface area contributed by atoms with Crippen LogP contribution in [0.4, 0.5) is 0 Å². The van der Waals surface area contributed by atoms with Crippen molar-refractivity contribution in [1.29, 1.82) is 5.26 Å². The lowest BCUT2D eigenvalue weighted by Crippen LogP contribution is -2.48. The van der Waals surface area contributed by atoms with Gasteiger partial charge >= 0.3 is 0 Å². The van der Waals surface area contributed by atoms with E-state index in [0.29, 0.717) is 0 Å². The molecule has 1 heterocycles. The summed E-state index contributed by atoms with van der Waals surface area (Å²) >= 11 is 0. The molecule has 0 unspecified atom stereocenters. The molecule has 1 atom stereocenters. The third kappa shape index (κ3) is 2.70. The lowest BCUT2D eigenvalue weighted by Gasteiger charge is -2.43. The van der Waals surface area contributed by atoms with Crippen LogP contribution < -0.4 is 0 Å². The summed E-state index contributed by atoms with van der Waals surface area (Å²) in [7, 11) is 0. The molecule has 3 rings (SSSR count). The van der Waals surface area contributed by atoms with Gasteiger partial charge in [-0.3, -0.25) is 4.90 Å². The summed E-state index contributed by atoms with van der Waals surface area (Å²) in [6.45, 7) is 1.82. The minimum absolute atomic E-state index is 0.477. The number of likely N-dealkylation sites (tertiary alicyclic amines) is 1. The molecular weight excluding hydrogens is 256 g/mol. The number of nitriles is 1. The van der Waals surface area contributed by atoms with Crippen LogP contribution in [0, 0.1) is 11.3 Å². The van der Waals surface area contributed by atoms with E-state index >= 15 is 0 Å². The predicted molar refractivity (Wildman–Crippen MR) is 84.4 cm³/mol. The van der Waals surface area contributed by atoms with Crippen molar-refractivity contribution in [2.24, 2.45) is 0 Å². The maximum absolute atomic E-state index is 9.95. The van der Waals surface area contributed by atoms with Crippen LogP contribution in [0.5, 0.6) is 0 Å². The quantitative estimate of drug-likeness (QED) is 0.844. The Kier molecular flexibility index (Phi) is 4.03. The van der Waals surface area contributed by atoms with E-state index in [0.717, 1.165) is 31.5 Å². The molecule has 0 aliphatic carbocycles. The predicted octanol–water partition coefficient (Wildman–Crippen LogP) is 4.09. The number of benzene rings is 2. The van der Waals surface area contributed by atoms with Crippen LogP contribution in [0.1, 0.15) is 30.4 Å². The molecule has 0 spiro atoms. The molecule has 1 aliphatic heterocycles. The van der Waals surface area contributed by atoms with Gasteiger partial charge in [-0.05, 0) is 30.4 Å². The van der Waals surface area contributed by atoms with Crippen molar-refractivity contribution >= 4 is 0 Å². The molecule has 1 fully saturated rings. The monoisotopic (exact) mass is 276 g/mol. The average molecular weight is 276 g/mol. The van der Waals surface area contributed by atoms with Gasteiger partial charge in [0.1, 0.15) is 5.54 Å². The Labute approximate surface area is 126 Å². The smallest absolute Gasteiger partial charge is 0.135 e. The summed E-state index contributed by atoms with van der Waals surface area (Å²) in [5, 5.41) is 9.95. The number of hydrogen-bond acceptors (Lipinski definition) is 2. The molecule has 0 aromatic heterocycles. The fourth-order valence-electron chi connectivity index (χ4n) is 3.28. The molecule has 2 aromatic rings. The third-order valence-electron chi connectivity index (χ3n) is 4.41. The van der Waals surface area contributed by atoms with E-state index in [4.69, 9.17) is 0 Å². The minimum atomic E-state index is -0.477. The van der Waals surface area contributed by atoms with Gasteiger partial charge in [0.05, 0.1) is 6.07 Å². The van der Waals surface area contributed by atoms with Gasteiger partial charge in [-0.15, -0.1) is 0 Å². The van der Waals surface area contributed by atoms with Gasteiger partial charge in [-0.2, -0.15) is 5.26 Å². The second kappa shape index (κ2) is 6.11. The molecule has 2 nitrogen and oxygen atoms in total. The molecule has 106 valence electrons. The first-order chi connectivity index (χ1) is 10.3. The van der Waals surface area contributed by atoms with E-state index in [1.807, 2.05) is 24.3 Å². The summed E-state index contributed by atoms with van der Waals surface area (Å²) in [6, 6.07) is 23.3. The Balaban J connectivity index is 1.95. The molecular formula is C19H20N2. The van der Waals surface area contributed by atoms with Crippen molar-refractivity contribution in [2.45, 2.75) is 31.3 Å². The number of hydrogen-bond donors (Lipinski definition) is 0. The summed E-state index contributed by atoms with van der Waals surface area (Å²) in [6.07, 6.45) is 3.21. The van der Waals surface area contributed by atoms with Gasteiger partial charge in [-0.25, -0.2) is 0 Å². The van der Waals surface area contributed by atoms with Gasteiger partial charge in [0.25, 0.3) is 0 Å². The number of rotatable bonds is 3. The van der Waals surface area contributed by atoms with E-state index < -0.39 is 5.54 Å². The molecule has 1 aliphatic rings. The second-order valence-electron chi connectivity index (χ2n) is 5.70. The molecule has 2 aromatic carbocycles. The van der Waals surface area contributed by atoms with Gasteiger partial charge in [-0.1, -0.05) is 60.7 Å². The molecule has 0 radical (unpaired) electrons. The van der Waals surface area contributed by atoms with E-state index in [1.54, 1.807) is 0 Å². The van der Waals surface area contributed by atoms with Gasteiger partial charge in [0, 0.05) is 13.1 Å². The molecule has 1 saturated heterocycles. The van der Waals surface area contributed by atoms with Gasteiger partial charge < -0.3 is 0 Å². The average Bonchev–Trinajstić information content (AvgIpc) is 2.57. The highest BCUT2D eigenvalue weighted by Crippen LogP contribution is 2.38. The number of nitrogens with zero attached hydrogens (tertiary/aromatic N) is 2. The number of piperidine rings is 1. The minimum Gasteiger partial charge on any atom is -0.277 e. The molecule has 0 bridgehead atoms. The fourth-order valence-corrected chi connectivity index (χ4v) is 3.28. The van der Waals surface area contributed by atoms with Crippen molar-refractivity contribution in [3.05, 3.63) is 71.8 Å². The Morgan fingerprint density at radius 1 is 0.952 bits per heavy atom. The molecule has 0 saturated carbocycles. The van der Waals surface area contributed by atoms with Crippen molar-refractivity contribution in [1.82, 2.24) is 4.90 Å². The summed E-state index contributed by atoms with van der Waals surface area (Å²) in [5.41, 5.74) is 1.92. The van der Waals surface area contributed by atoms with Crippen LogP contribution in [0.15, 0.2) is 60.7 Å². The zero-order valence-corrected chi connectivity index (χ0v) is 12.2. The molecule has 2 heteroatoms. The SMILES string of the molecule is N#C[C@@]1(c2ccccc2)CCCCN1Cc1ccccc1. The normalized spacial score (nSPS) is 22.6. The maximum Gasteiger partial charge on any atom is 0.135 e. The first-order valence-electron chi connectivity index (χ1n) is 7.61. The zero-order valence-electron chi connectivity index (χ0n) is 12.2. The van der Waals surface area contributed by atoms with E-state index in [-0.39, 0.29) is 0 Å². The van der Waals surface area contributed by atoms with Crippen molar-refractivity contribution in [3.63, 3.8) is 0 Å². The van der Waals surface area contributed by atoms with E-state index in [1.165, 1.54) is 12.0 Å². The summed E-state index contributed by atoms with van der Waals surface area (Å²) in [4.78, 5) is 2.35. The fraction of sp³-hybridized carbons (Fsp3) is 0.316. The largest absolute Gasteiger partial charge is 0.277 e. The highest BCUT2D eigenvalue weighted by atomic mass is 15.2. The van der Waals surface area contributed by atoms with Crippen LogP contribution in [-0.2, 0) is 12.1 Å². The lowest BCUT2D eigenvalue weighted by atomic mass is 9.81. The van der Waals surface area contributed by atoms with Crippen molar-refractivity contribution < 1.29 is 0 Å². The highest BCUT2D eigenvalue weighted by molar-refractivity contribution is 5.32. The third-order valence-corrected chi connectivity index (χ3v) is 4.41. The molecule has 0 N–H and O–H groups in total. The standard InChI is InChI=1S/C19H20N2/c20-16-19(18-11-5-2-6-12-18)13-7-8-14-21(19)15-17-9-3-1-4-10-17/h1-6,9-12H,7-8,13-15H2/t19-/m1/s1. The van der Waals surface area contributed by atoms with Crippen LogP contribution in [-0.4, -0.2) is 11.4 Å². The van der Waals surface area contributed by atoms with Gasteiger partial charge in [0.2, 0.25) is 0 Å². The van der Waals surface area contributed by atoms with Crippen LogP contribution in [0.2, 0.25) is 0 Å². The summed E-state index contributed by atoms with van der Waals surface area (Å²) < 4.78 is 0. The van der Waals surface area contributed by atoms with Crippen molar-refractivity contribution in [2.75, 3.05) is 6.54 Å². The van der Waals surface area contributed by atoms with E-state index in [2.05, 4.69) is 47.4 Å². The Morgan fingerprint density at radius 3 is 2.29 bits per heavy atom. The Bertz CT molecular complexity index is 615. The first-order valence-corrected chi connectivity index (χ1v) is 7.61. The summed E-state index contributed by atoms with van der Waals surface area (Å²) in [5.74, 6) is 0. The van der Waals surface area contributed by atoms with Crippen LogP contribution in [0.3, 0.4) is 0 Å². The highest BCUT2D eigenvalue weighted by Gasteiger charge is 2.40. The second-order valence-corrected chi connectivity index (χ2v) is 5.70. The molecule has 21 heavy (non-hydrogen) atoms. The lowest BCUT2D eigenvalue weighted by molar-refractivity contribution is 0.0821. The van der Waals surface area contributed by atoms with Crippen LogP contribution >= 0.6 is 0 Å². The first kappa shape index (κ1) is 13.9. The van der Waals surface area contributed by atoms with Crippen molar-refractivity contribution in [3.8, 4) is 6.07 Å². The topological polar surface area (TPSA) is 27.0 Å².